The summed E-state index contributed by atoms with van der Waals surface area (Å²) in [6, 6.07) is 0. The fourth-order valence-electron chi connectivity index (χ4n) is 2.14. The van der Waals surface area contributed by atoms with Crippen LogP contribution >= 0.6 is 0 Å². The van der Waals surface area contributed by atoms with Crippen molar-refractivity contribution in [2.45, 2.75) is 39.2 Å². The summed E-state index contributed by atoms with van der Waals surface area (Å²) in [6.07, 6.45) is 0.383. The molecule has 1 aliphatic rings. The molecule has 0 aromatic heterocycles. The van der Waals surface area contributed by atoms with Gasteiger partial charge in [-0.25, -0.2) is 4.79 Å². The molecule has 0 saturated carbocycles. The van der Waals surface area contributed by atoms with Crippen molar-refractivity contribution in [3.8, 4) is 0 Å². The molecule has 1 amide bonds. The molecule has 0 unspecified atom stereocenters. The van der Waals surface area contributed by atoms with E-state index in [4.69, 9.17) is 9.47 Å². The van der Waals surface area contributed by atoms with E-state index in [1.807, 2.05) is 0 Å². The lowest BCUT2D eigenvalue weighted by Crippen LogP contribution is -2.49. The van der Waals surface area contributed by atoms with E-state index in [0.29, 0.717) is 25.9 Å². The van der Waals surface area contributed by atoms with Crippen LogP contribution in [0, 0.1) is 5.41 Å². The van der Waals surface area contributed by atoms with E-state index in [9.17, 15) is 14.7 Å². The molecular weight excluding hydrogens is 250 g/mol. The van der Waals surface area contributed by atoms with Crippen LogP contribution in [0.1, 0.15) is 33.6 Å². The number of carbonyl (C=O) groups is 2. The summed E-state index contributed by atoms with van der Waals surface area (Å²) in [4.78, 5) is 24.8. The maximum atomic E-state index is 11.9. The molecule has 1 saturated heterocycles. The van der Waals surface area contributed by atoms with Gasteiger partial charge in [0, 0.05) is 20.2 Å². The van der Waals surface area contributed by atoms with Crippen LogP contribution in [-0.2, 0) is 14.3 Å². The normalized spacial score (nSPS) is 19.1. The number of piperidine rings is 1. The van der Waals surface area contributed by atoms with Crippen LogP contribution in [0.2, 0.25) is 0 Å². The van der Waals surface area contributed by atoms with Gasteiger partial charge >= 0.3 is 12.1 Å². The number of aliphatic carboxylic acids is 1. The summed E-state index contributed by atoms with van der Waals surface area (Å²) in [5.41, 5.74) is -1.42. The molecule has 1 rings (SSSR count). The molecule has 0 atom stereocenters. The number of likely N-dealkylation sites (tertiary alicyclic amines) is 1. The molecule has 19 heavy (non-hydrogen) atoms. The predicted molar refractivity (Wildman–Crippen MR) is 69.0 cm³/mol. The Morgan fingerprint density at radius 3 is 2.16 bits per heavy atom. The van der Waals surface area contributed by atoms with Crippen molar-refractivity contribution in [3.05, 3.63) is 0 Å². The van der Waals surface area contributed by atoms with Gasteiger partial charge in [0.1, 0.15) is 5.60 Å². The van der Waals surface area contributed by atoms with E-state index in [0.717, 1.165) is 0 Å². The Morgan fingerprint density at radius 2 is 1.79 bits per heavy atom. The second kappa shape index (κ2) is 5.77. The topological polar surface area (TPSA) is 76.1 Å². The Morgan fingerprint density at radius 1 is 1.26 bits per heavy atom. The van der Waals surface area contributed by atoms with Gasteiger partial charge in [-0.15, -0.1) is 0 Å². The SMILES string of the molecule is COCC1(C(=O)O)CCN(C(=O)OC(C)(C)C)CC1. The van der Waals surface area contributed by atoms with Crippen molar-refractivity contribution >= 4 is 12.1 Å². The molecule has 0 aromatic carbocycles. The van der Waals surface area contributed by atoms with Gasteiger partial charge in [0.2, 0.25) is 0 Å². The molecule has 0 aromatic rings. The van der Waals surface area contributed by atoms with Crippen molar-refractivity contribution in [1.82, 2.24) is 4.90 Å². The minimum absolute atomic E-state index is 0.171. The summed E-state index contributed by atoms with van der Waals surface area (Å²) in [7, 11) is 1.49. The van der Waals surface area contributed by atoms with E-state index in [1.165, 1.54) is 7.11 Å². The molecular formula is C13H23NO5. The van der Waals surface area contributed by atoms with Crippen molar-refractivity contribution in [2.75, 3.05) is 26.8 Å². The van der Waals surface area contributed by atoms with Gasteiger partial charge in [0.15, 0.2) is 0 Å². The maximum Gasteiger partial charge on any atom is 0.410 e. The first kappa shape index (κ1) is 15.8. The van der Waals surface area contributed by atoms with E-state index in [-0.39, 0.29) is 12.7 Å². The zero-order valence-electron chi connectivity index (χ0n) is 12.1. The Balaban J connectivity index is 2.61. The third-order valence-corrected chi connectivity index (χ3v) is 3.25. The van der Waals surface area contributed by atoms with E-state index < -0.39 is 17.0 Å². The molecule has 1 N–H and O–H groups in total. The highest BCUT2D eigenvalue weighted by atomic mass is 16.6. The van der Waals surface area contributed by atoms with Gasteiger partial charge < -0.3 is 19.5 Å². The first-order valence-corrected chi connectivity index (χ1v) is 6.40. The Kier molecular flexibility index (Phi) is 4.79. The fraction of sp³-hybridized carbons (Fsp3) is 0.846. The number of rotatable bonds is 3. The van der Waals surface area contributed by atoms with Crippen LogP contribution in [0.25, 0.3) is 0 Å². The maximum absolute atomic E-state index is 11.9. The number of hydrogen-bond acceptors (Lipinski definition) is 4. The lowest BCUT2D eigenvalue weighted by atomic mass is 9.79. The molecule has 6 heteroatoms. The van der Waals surface area contributed by atoms with Gasteiger partial charge in [-0.2, -0.15) is 0 Å². The summed E-state index contributed by atoms with van der Waals surface area (Å²) in [6.45, 7) is 6.35. The lowest BCUT2D eigenvalue weighted by molar-refractivity contribution is -0.156. The van der Waals surface area contributed by atoms with E-state index >= 15 is 0 Å². The van der Waals surface area contributed by atoms with E-state index in [2.05, 4.69) is 0 Å². The Bertz CT molecular complexity index is 339. The minimum Gasteiger partial charge on any atom is -0.481 e. The quantitative estimate of drug-likeness (QED) is 0.847. The number of hydrogen-bond donors (Lipinski definition) is 1. The second-order valence-electron chi connectivity index (χ2n) is 5.99. The summed E-state index contributed by atoms with van der Waals surface area (Å²) in [5.74, 6) is -0.863. The van der Waals surface area contributed by atoms with Crippen LogP contribution in [0.5, 0.6) is 0 Å². The highest BCUT2D eigenvalue weighted by Gasteiger charge is 2.43. The van der Waals surface area contributed by atoms with E-state index in [1.54, 1.807) is 25.7 Å². The number of nitrogens with zero attached hydrogens (tertiary/aromatic N) is 1. The zero-order chi connectivity index (χ0) is 14.7. The molecule has 110 valence electrons. The van der Waals surface area contributed by atoms with Gasteiger partial charge in [0.05, 0.1) is 12.0 Å². The largest absolute Gasteiger partial charge is 0.481 e. The molecule has 1 fully saturated rings. The standard InChI is InChI=1S/C13H23NO5/c1-12(2,3)19-11(17)14-7-5-13(6-8-14,9-18-4)10(15)16/h5-9H2,1-4H3,(H,15,16). The highest BCUT2D eigenvalue weighted by molar-refractivity contribution is 5.76. The number of ether oxygens (including phenoxy) is 2. The van der Waals surface area contributed by atoms with Gasteiger partial charge in [-0.3, -0.25) is 4.79 Å². The lowest BCUT2D eigenvalue weighted by Gasteiger charge is -2.38. The Hall–Kier alpha value is -1.30. The van der Waals surface area contributed by atoms with Crippen LogP contribution < -0.4 is 0 Å². The number of amides is 1. The number of carboxylic acid groups (broad SMARTS) is 1. The molecule has 6 nitrogen and oxygen atoms in total. The average molecular weight is 273 g/mol. The summed E-state index contributed by atoms with van der Waals surface area (Å²) >= 11 is 0. The van der Waals surface area contributed by atoms with Crippen LogP contribution in [-0.4, -0.2) is 54.5 Å². The molecule has 0 aliphatic carbocycles. The number of carboxylic acids is 1. The minimum atomic E-state index is -0.882. The Labute approximate surface area is 113 Å². The molecule has 1 heterocycles. The summed E-state index contributed by atoms with van der Waals surface area (Å²) in [5, 5.41) is 9.32. The highest BCUT2D eigenvalue weighted by Crippen LogP contribution is 2.32. The third-order valence-electron chi connectivity index (χ3n) is 3.25. The van der Waals surface area contributed by atoms with Gasteiger partial charge in [-0.05, 0) is 33.6 Å². The van der Waals surface area contributed by atoms with Crippen molar-refractivity contribution in [3.63, 3.8) is 0 Å². The monoisotopic (exact) mass is 273 g/mol. The smallest absolute Gasteiger partial charge is 0.410 e. The fourth-order valence-corrected chi connectivity index (χ4v) is 2.14. The zero-order valence-corrected chi connectivity index (χ0v) is 12.1. The molecule has 0 radical (unpaired) electrons. The van der Waals surface area contributed by atoms with Crippen molar-refractivity contribution in [1.29, 1.82) is 0 Å². The molecule has 0 spiro atoms. The van der Waals surface area contributed by atoms with Crippen molar-refractivity contribution < 1.29 is 24.2 Å². The molecule has 0 bridgehead atoms. The first-order chi connectivity index (χ1) is 8.70. The average Bonchev–Trinajstić information content (AvgIpc) is 2.27. The third kappa shape index (κ3) is 4.09. The van der Waals surface area contributed by atoms with Gasteiger partial charge in [-0.1, -0.05) is 0 Å². The summed E-state index contributed by atoms with van der Waals surface area (Å²) < 4.78 is 10.3. The van der Waals surface area contributed by atoms with Crippen LogP contribution in [0.15, 0.2) is 0 Å². The predicted octanol–water partition coefficient (Wildman–Crippen LogP) is 1.73. The molecule has 1 aliphatic heterocycles. The second-order valence-corrected chi connectivity index (χ2v) is 5.99. The van der Waals surface area contributed by atoms with Gasteiger partial charge in [0.25, 0.3) is 0 Å². The van der Waals surface area contributed by atoms with Crippen LogP contribution in [0.4, 0.5) is 4.79 Å². The number of methoxy groups -OCH3 is 1. The number of carbonyl (C=O) groups excluding carboxylic acids is 1. The van der Waals surface area contributed by atoms with Crippen LogP contribution in [0.3, 0.4) is 0 Å². The van der Waals surface area contributed by atoms with Crippen molar-refractivity contribution in [2.24, 2.45) is 5.41 Å². The first-order valence-electron chi connectivity index (χ1n) is 6.40.